The zero-order valence-electron chi connectivity index (χ0n) is 16.7. The minimum atomic E-state index is -0.114. The summed E-state index contributed by atoms with van der Waals surface area (Å²) >= 11 is 5.28. The van der Waals surface area contributed by atoms with Gasteiger partial charge in [0.2, 0.25) is 11.2 Å². The maximum absolute atomic E-state index is 12.4. The Kier molecular flexibility index (Phi) is 6.16. The van der Waals surface area contributed by atoms with Crippen LogP contribution in [0.1, 0.15) is 29.7 Å². The molecule has 1 N–H and O–H groups in total. The summed E-state index contributed by atoms with van der Waals surface area (Å²) in [7, 11) is 1.85. The molecule has 2 aliphatic rings. The highest BCUT2D eigenvalue weighted by atomic mass is 32.1. The van der Waals surface area contributed by atoms with Gasteiger partial charge in [0.05, 0.1) is 13.2 Å². The zero-order chi connectivity index (χ0) is 20.2. The topological polar surface area (TPSA) is 58.0 Å². The van der Waals surface area contributed by atoms with E-state index in [4.69, 9.17) is 21.4 Å². The second-order valence-corrected chi connectivity index (χ2v) is 8.17. The average Bonchev–Trinajstić information content (AvgIpc) is 3.15. The van der Waals surface area contributed by atoms with Gasteiger partial charge in [-0.2, -0.15) is 0 Å². The van der Waals surface area contributed by atoms with E-state index in [1.54, 1.807) is 6.07 Å². The molecule has 0 spiro atoms. The molecule has 0 aliphatic carbocycles. The van der Waals surface area contributed by atoms with E-state index in [1.165, 1.54) is 17.4 Å². The lowest BCUT2D eigenvalue weighted by Crippen LogP contribution is -2.43. The number of benzene rings is 1. The van der Waals surface area contributed by atoms with Gasteiger partial charge >= 0.3 is 0 Å². The number of likely N-dealkylation sites (tertiary alicyclic amines) is 1. The van der Waals surface area contributed by atoms with Crippen LogP contribution in [-0.2, 0) is 19.6 Å². The molecule has 1 aromatic carbocycles. The van der Waals surface area contributed by atoms with E-state index >= 15 is 0 Å². The third kappa shape index (κ3) is 4.79. The Morgan fingerprint density at radius 2 is 1.93 bits per heavy atom. The first-order valence-corrected chi connectivity index (χ1v) is 10.5. The Hall–Kier alpha value is -2.38. The molecule has 29 heavy (non-hydrogen) atoms. The molecule has 0 amide bonds. The average molecular weight is 414 g/mol. The van der Waals surface area contributed by atoms with Crippen LogP contribution in [0.3, 0.4) is 0 Å². The molecule has 2 aliphatic heterocycles. The number of thiocarbonyl (C=S) groups is 1. The molecule has 4 rings (SSSR count). The molecule has 6 nitrogen and oxygen atoms in total. The van der Waals surface area contributed by atoms with Crippen molar-refractivity contribution < 1.29 is 9.15 Å². The zero-order valence-corrected chi connectivity index (χ0v) is 17.5. The van der Waals surface area contributed by atoms with Crippen LogP contribution in [0.2, 0.25) is 0 Å². The van der Waals surface area contributed by atoms with Gasteiger partial charge in [0.15, 0.2) is 5.11 Å². The molecule has 2 aromatic rings. The molecule has 1 aromatic heterocycles. The summed E-state index contributed by atoms with van der Waals surface area (Å²) in [6.07, 6.45) is 3.47. The molecule has 0 atom stereocenters. The molecule has 0 unspecified atom stereocenters. The van der Waals surface area contributed by atoms with Gasteiger partial charge in [0.1, 0.15) is 12.0 Å². The summed E-state index contributed by atoms with van der Waals surface area (Å²) < 4.78 is 11.5. The Bertz CT molecular complexity index is 897. The van der Waals surface area contributed by atoms with Crippen LogP contribution < -0.4 is 15.5 Å². The number of piperidine rings is 1. The standard InChI is InChI=1S/C22H27N3O3S/c1-23-22(29)25-8-6-16(7-9-25)14-28-21-15-27-19(10-20(21)26)13-24-11-17-4-2-3-5-18(17)12-24/h2-5,10,15-16H,6-9,11-14H2,1H3,(H,23,29). The van der Waals surface area contributed by atoms with Crippen LogP contribution >= 0.6 is 12.2 Å². The van der Waals surface area contributed by atoms with Gasteiger partial charge in [-0.3, -0.25) is 9.69 Å². The van der Waals surface area contributed by atoms with Crippen LogP contribution in [0.4, 0.5) is 0 Å². The van der Waals surface area contributed by atoms with Crippen LogP contribution in [-0.4, -0.2) is 41.7 Å². The number of fused-ring (bicyclic) bond motifs is 1. The number of hydrogen-bond acceptors (Lipinski definition) is 5. The van der Waals surface area contributed by atoms with Gasteiger partial charge in [-0.05, 0) is 42.1 Å². The van der Waals surface area contributed by atoms with E-state index in [0.29, 0.717) is 30.6 Å². The Labute approximate surface area is 176 Å². The second kappa shape index (κ2) is 8.97. The normalized spacial score (nSPS) is 17.2. The lowest BCUT2D eigenvalue weighted by Gasteiger charge is -2.33. The number of nitrogens with zero attached hydrogens (tertiary/aromatic N) is 2. The smallest absolute Gasteiger partial charge is 0.227 e. The summed E-state index contributed by atoms with van der Waals surface area (Å²) in [4.78, 5) is 16.9. The first-order chi connectivity index (χ1) is 14.1. The summed E-state index contributed by atoms with van der Waals surface area (Å²) in [6, 6.07) is 9.99. The fraction of sp³-hybridized carbons (Fsp3) is 0.455. The minimum absolute atomic E-state index is 0.114. The number of ether oxygens (including phenoxy) is 1. The largest absolute Gasteiger partial charge is 0.486 e. The van der Waals surface area contributed by atoms with E-state index in [9.17, 15) is 4.79 Å². The molecule has 0 saturated carbocycles. The number of rotatable bonds is 5. The Morgan fingerprint density at radius 3 is 2.55 bits per heavy atom. The van der Waals surface area contributed by atoms with Crippen molar-refractivity contribution in [2.45, 2.75) is 32.5 Å². The molecule has 0 radical (unpaired) electrons. The SMILES string of the molecule is CNC(=S)N1CCC(COc2coc(CN3Cc4ccccc4C3)cc2=O)CC1. The number of nitrogens with one attached hydrogen (secondary N) is 1. The third-order valence-electron chi connectivity index (χ3n) is 5.73. The van der Waals surface area contributed by atoms with Gasteiger partial charge in [-0.25, -0.2) is 0 Å². The lowest BCUT2D eigenvalue weighted by molar-refractivity contribution is 0.176. The van der Waals surface area contributed by atoms with Gasteiger partial charge in [0, 0.05) is 39.3 Å². The first kappa shape index (κ1) is 19.9. The van der Waals surface area contributed by atoms with Crippen molar-refractivity contribution in [1.82, 2.24) is 15.1 Å². The van der Waals surface area contributed by atoms with Gasteiger partial charge in [-0.1, -0.05) is 24.3 Å². The van der Waals surface area contributed by atoms with Crippen LogP contribution in [0.5, 0.6) is 5.75 Å². The first-order valence-electron chi connectivity index (χ1n) is 10.1. The fourth-order valence-electron chi connectivity index (χ4n) is 4.03. The predicted octanol–water partition coefficient (Wildman–Crippen LogP) is 2.75. The van der Waals surface area contributed by atoms with Crippen molar-refractivity contribution in [3.05, 3.63) is 63.7 Å². The van der Waals surface area contributed by atoms with Crippen LogP contribution in [0, 0.1) is 5.92 Å². The maximum atomic E-state index is 12.4. The molecule has 154 valence electrons. The third-order valence-corrected chi connectivity index (χ3v) is 6.19. The summed E-state index contributed by atoms with van der Waals surface area (Å²) in [5, 5.41) is 3.81. The van der Waals surface area contributed by atoms with Crippen molar-refractivity contribution in [2.24, 2.45) is 5.92 Å². The highest BCUT2D eigenvalue weighted by molar-refractivity contribution is 7.80. The minimum Gasteiger partial charge on any atom is -0.486 e. The quantitative estimate of drug-likeness (QED) is 0.757. The maximum Gasteiger partial charge on any atom is 0.227 e. The van der Waals surface area contributed by atoms with Crippen molar-refractivity contribution in [1.29, 1.82) is 0 Å². The molecule has 1 saturated heterocycles. The molecule has 0 bridgehead atoms. The van der Waals surface area contributed by atoms with E-state index in [2.05, 4.69) is 39.4 Å². The predicted molar refractivity (Wildman–Crippen MR) is 116 cm³/mol. The summed E-state index contributed by atoms with van der Waals surface area (Å²) in [5.74, 6) is 1.39. The second-order valence-electron chi connectivity index (χ2n) is 7.79. The molecule has 1 fully saturated rings. The van der Waals surface area contributed by atoms with E-state index in [-0.39, 0.29) is 5.43 Å². The van der Waals surface area contributed by atoms with Crippen molar-refractivity contribution in [3.8, 4) is 5.75 Å². The van der Waals surface area contributed by atoms with Gasteiger partial charge in [-0.15, -0.1) is 0 Å². The van der Waals surface area contributed by atoms with E-state index in [1.807, 2.05) is 7.05 Å². The summed E-state index contributed by atoms with van der Waals surface area (Å²) in [6.45, 7) is 4.75. The van der Waals surface area contributed by atoms with E-state index < -0.39 is 0 Å². The van der Waals surface area contributed by atoms with Crippen LogP contribution in [0.25, 0.3) is 0 Å². The Balaban J connectivity index is 1.27. The van der Waals surface area contributed by atoms with Crippen molar-refractivity contribution in [2.75, 3.05) is 26.7 Å². The monoisotopic (exact) mass is 413 g/mol. The van der Waals surface area contributed by atoms with Crippen LogP contribution in [0.15, 0.2) is 45.8 Å². The van der Waals surface area contributed by atoms with Crippen molar-refractivity contribution in [3.63, 3.8) is 0 Å². The summed E-state index contributed by atoms with van der Waals surface area (Å²) in [5.41, 5.74) is 2.57. The molecule has 7 heteroatoms. The molecule has 3 heterocycles. The number of hydrogen-bond donors (Lipinski definition) is 1. The highest BCUT2D eigenvalue weighted by Gasteiger charge is 2.22. The van der Waals surface area contributed by atoms with Gasteiger partial charge in [0.25, 0.3) is 0 Å². The Morgan fingerprint density at radius 1 is 1.24 bits per heavy atom. The molecular weight excluding hydrogens is 386 g/mol. The van der Waals surface area contributed by atoms with Gasteiger partial charge < -0.3 is 19.4 Å². The fourth-order valence-corrected chi connectivity index (χ4v) is 4.21. The lowest BCUT2D eigenvalue weighted by atomic mass is 9.98. The van der Waals surface area contributed by atoms with E-state index in [0.717, 1.165) is 44.1 Å². The molecular formula is C22H27N3O3S. The van der Waals surface area contributed by atoms with Crippen molar-refractivity contribution >= 4 is 17.3 Å². The highest BCUT2D eigenvalue weighted by Crippen LogP contribution is 2.24.